The number of rotatable bonds is 6. The van der Waals surface area contributed by atoms with Crippen molar-refractivity contribution in [3.63, 3.8) is 0 Å². The first-order valence-electron chi connectivity index (χ1n) is 6.40. The number of aliphatic carboxylic acids is 1. The second kappa shape index (κ2) is 6.16. The fraction of sp³-hybridized carbons (Fsp3) is 0.417. The van der Waals surface area contributed by atoms with Crippen LogP contribution in [0.25, 0.3) is 0 Å². The molecule has 2 N–H and O–H groups in total. The number of carboxylic acid groups (broad SMARTS) is 1. The SMILES string of the molecule is CC(C)n1nccc1NC(=O)Cn1cc(CC(=O)O)nn1. The summed E-state index contributed by atoms with van der Waals surface area (Å²) in [6.45, 7) is 3.87. The Morgan fingerprint density at radius 1 is 1.43 bits per heavy atom. The molecule has 21 heavy (non-hydrogen) atoms. The molecule has 9 nitrogen and oxygen atoms in total. The molecule has 0 unspecified atom stereocenters. The van der Waals surface area contributed by atoms with Crippen molar-refractivity contribution in [3.05, 3.63) is 24.2 Å². The third-order valence-electron chi connectivity index (χ3n) is 2.65. The van der Waals surface area contributed by atoms with Crippen LogP contribution in [0.15, 0.2) is 18.5 Å². The molecule has 0 atom stereocenters. The van der Waals surface area contributed by atoms with Gasteiger partial charge in [-0.3, -0.25) is 9.59 Å². The lowest BCUT2D eigenvalue weighted by Gasteiger charge is -2.11. The van der Waals surface area contributed by atoms with E-state index in [0.717, 1.165) is 0 Å². The predicted octanol–water partition coefficient (Wildman–Crippen LogP) is 0.321. The zero-order valence-electron chi connectivity index (χ0n) is 11.7. The van der Waals surface area contributed by atoms with Crippen LogP contribution in [0, 0.1) is 0 Å². The van der Waals surface area contributed by atoms with E-state index in [1.54, 1.807) is 16.9 Å². The first-order chi connectivity index (χ1) is 9.95. The van der Waals surface area contributed by atoms with Gasteiger partial charge in [0.05, 0.1) is 18.3 Å². The molecule has 9 heteroatoms. The molecular formula is C12H16N6O3. The Morgan fingerprint density at radius 2 is 2.19 bits per heavy atom. The molecule has 0 bridgehead atoms. The lowest BCUT2D eigenvalue weighted by molar-refractivity contribution is -0.136. The Balaban J connectivity index is 1.97. The average molecular weight is 292 g/mol. The first kappa shape index (κ1) is 14.7. The smallest absolute Gasteiger partial charge is 0.309 e. The van der Waals surface area contributed by atoms with Crippen LogP contribution in [0.2, 0.25) is 0 Å². The first-order valence-corrected chi connectivity index (χ1v) is 6.40. The maximum Gasteiger partial charge on any atom is 0.309 e. The summed E-state index contributed by atoms with van der Waals surface area (Å²) in [6, 6.07) is 1.83. The largest absolute Gasteiger partial charge is 0.481 e. The van der Waals surface area contributed by atoms with Gasteiger partial charge in [0.2, 0.25) is 5.91 Å². The van der Waals surface area contributed by atoms with Crippen LogP contribution in [0.1, 0.15) is 25.6 Å². The number of carboxylic acids is 1. The van der Waals surface area contributed by atoms with Crippen molar-refractivity contribution in [3.8, 4) is 0 Å². The molecule has 0 aliphatic rings. The zero-order valence-corrected chi connectivity index (χ0v) is 11.7. The minimum Gasteiger partial charge on any atom is -0.481 e. The summed E-state index contributed by atoms with van der Waals surface area (Å²) in [4.78, 5) is 22.5. The van der Waals surface area contributed by atoms with Gasteiger partial charge in [-0.05, 0) is 13.8 Å². The molecule has 0 radical (unpaired) electrons. The number of carbonyl (C=O) groups excluding carboxylic acids is 1. The van der Waals surface area contributed by atoms with Gasteiger partial charge in [-0.2, -0.15) is 5.10 Å². The molecule has 0 spiro atoms. The molecule has 1 amide bonds. The van der Waals surface area contributed by atoms with E-state index in [4.69, 9.17) is 5.11 Å². The lowest BCUT2D eigenvalue weighted by atomic mass is 10.3. The van der Waals surface area contributed by atoms with Gasteiger partial charge in [0.15, 0.2) is 0 Å². The van der Waals surface area contributed by atoms with Gasteiger partial charge >= 0.3 is 5.97 Å². The van der Waals surface area contributed by atoms with E-state index in [0.29, 0.717) is 11.5 Å². The van der Waals surface area contributed by atoms with E-state index < -0.39 is 5.97 Å². The highest BCUT2D eigenvalue weighted by Crippen LogP contribution is 2.12. The van der Waals surface area contributed by atoms with Gasteiger partial charge in [-0.25, -0.2) is 9.36 Å². The summed E-state index contributed by atoms with van der Waals surface area (Å²) >= 11 is 0. The normalized spacial score (nSPS) is 10.8. The fourth-order valence-electron chi connectivity index (χ4n) is 1.81. The van der Waals surface area contributed by atoms with Gasteiger partial charge in [0.25, 0.3) is 0 Å². The van der Waals surface area contributed by atoms with Crippen molar-refractivity contribution < 1.29 is 14.7 Å². The summed E-state index contributed by atoms with van der Waals surface area (Å²) in [5.74, 6) is -0.683. The van der Waals surface area contributed by atoms with Crippen molar-refractivity contribution in [2.24, 2.45) is 0 Å². The topological polar surface area (TPSA) is 115 Å². The fourth-order valence-corrected chi connectivity index (χ4v) is 1.81. The van der Waals surface area contributed by atoms with Crippen molar-refractivity contribution in [1.82, 2.24) is 24.8 Å². The Kier molecular flexibility index (Phi) is 4.31. The molecule has 112 valence electrons. The van der Waals surface area contributed by atoms with Crippen LogP contribution < -0.4 is 5.32 Å². The number of hydrogen-bond donors (Lipinski definition) is 2. The molecule has 0 aromatic carbocycles. The van der Waals surface area contributed by atoms with E-state index in [-0.39, 0.29) is 24.9 Å². The summed E-state index contributed by atoms with van der Waals surface area (Å²) in [5, 5.41) is 22.9. The minimum absolute atomic E-state index is 0.0457. The molecule has 2 aromatic rings. The zero-order chi connectivity index (χ0) is 15.4. The molecule has 2 rings (SSSR count). The van der Waals surface area contributed by atoms with Crippen LogP contribution in [0.5, 0.6) is 0 Å². The van der Waals surface area contributed by atoms with E-state index in [9.17, 15) is 9.59 Å². The van der Waals surface area contributed by atoms with Crippen LogP contribution in [0.4, 0.5) is 5.82 Å². The molecule has 0 saturated carbocycles. The van der Waals surface area contributed by atoms with E-state index in [1.165, 1.54) is 10.9 Å². The summed E-state index contributed by atoms with van der Waals surface area (Å²) in [6.07, 6.45) is 2.82. The summed E-state index contributed by atoms with van der Waals surface area (Å²) in [7, 11) is 0. The molecular weight excluding hydrogens is 276 g/mol. The Morgan fingerprint density at radius 3 is 2.86 bits per heavy atom. The minimum atomic E-state index is -0.993. The van der Waals surface area contributed by atoms with Gasteiger partial charge in [-0.1, -0.05) is 5.21 Å². The van der Waals surface area contributed by atoms with E-state index in [1.807, 2.05) is 13.8 Å². The number of carbonyl (C=O) groups is 2. The third kappa shape index (κ3) is 3.88. The Labute approximate surface area is 120 Å². The maximum atomic E-state index is 11.9. The predicted molar refractivity (Wildman–Crippen MR) is 72.6 cm³/mol. The number of hydrogen-bond acceptors (Lipinski definition) is 5. The number of nitrogens with zero attached hydrogens (tertiary/aromatic N) is 5. The quantitative estimate of drug-likeness (QED) is 0.792. The monoisotopic (exact) mass is 292 g/mol. The number of aromatic nitrogens is 5. The van der Waals surface area contributed by atoms with Crippen molar-refractivity contribution in [2.75, 3.05) is 5.32 Å². The lowest BCUT2D eigenvalue weighted by Crippen LogP contribution is -2.21. The van der Waals surface area contributed by atoms with Crippen molar-refractivity contribution in [2.45, 2.75) is 32.9 Å². The third-order valence-corrected chi connectivity index (χ3v) is 2.65. The maximum absolute atomic E-state index is 11.9. The standard InChI is InChI=1S/C12H16N6O3/c1-8(2)18-10(3-4-13-18)14-11(19)7-17-6-9(15-16-17)5-12(20)21/h3-4,6,8H,5,7H2,1-2H3,(H,14,19)(H,20,21). The number of anilines is 1. The van der Waals surface area contributed by atoms with Crippen LogP contribution in [-0.4, -0.2) is 41.8 Å². The van der Waals surface area contributed by atoms with Crippen molar-refractivity contribution in [1.29, 1.82) is 0 Å². The van der Waals surface area contributed by atoms with E-state index in [2.05, 4.69) is 20.7 Å². The molecule has 0 saturated heterocycles. The highest BCUT2D eigenvalue weighted by molar-refractivity contribution is 5.89. The molecule has 2 heterocycles. The summed E-state index contributed by atoms with van der Waals surface area (Å²) in [5.41, 5.74) is 0.308. The van der Waals surface area contributed by atoms with E-state index >= 15 is 0 Å². The highest BCUT2D eigenvalue weighted by Gasteiger charge is 2.12. The van der Waals surface area contributed by atoms with Gasteiger partial charge < -0.3 is 10.4 Å². The summed E-state index contributed by atoms with van der Waals surface area (Å²) < 4.78 is 2.98. The number of nitrogens with one attached hydrogen (secondary N) is 1. The van der Waals surface area contributed by atoms with Crippen molar-refractivity contribution >= 4 is 17.7 Å². The molecule has 0 fully saturated rings. The molecule has 2 aromatic heterocycles. The van der Waals surface area contributed by atoms with Crippen LogP contribution in [0.3, 0.4) is 0 Å². The van der Waals surface area contributed by atoms with Gasteiger partial charge in [0, 0.05) is 18.3 Å². The Bertz CT molecular complexity index is 645. The van der Waals surface area contributed by atoms with Crippen LogP contribution in [-0.2, 0) is 22.6 Å². The second-order valence-corrected chi connectivity index (χ2v) is 4.78. The van der Waals surface area contributed by atoms with Crippen LogP contribution >= 0.6 is 0 Å². The molecule has 0 aliphatic carbocycles. The average Bonchev–Trinajstić information content (AvgIpc) is 2.98. The number of amides is 1. The highest BCUT2D eigenvalue weighted by atomic mass is 16.4. The second-order valence-electron chi connectivity index (χ2n) is 4.78. The van der Waals surface area contributed by atoms with Gasteiger partial charge in [0.1, 0.15) is 12.4 Å². The van der Waals surface area contributed by atoms with Gasteiger partial charge in [-0.15, -0.1) is 5.10 Å². The Hall–Kier alpha value is -2.71. The molecule has 0 aliphatic heterocycles.